The molecule has 4 nitrogen and oxygen atoms in total. The van der Waals surface area contributed by atoms with Crippen molar-refractivity contribution in [2.45, 2.75) is 12.2 Å². The van der Waals surface area contributed by atoms with E-state index >= 15 is 0 Å². The zero-order valence-corrected chi connectivity index (χ0v) is 8.85. The number of rotatable bonds is 3. The Morgan fingerprint density at radius 1 is 1.40 bits per heavy atom. The molecule has 1 aromatic heterocycles. The van der Waals surface area contributed by atoms with Crippen molar-refractivity contribution < 1.29 is 10.2 Å². The fourth-order valence-electron chi connectivity index (χ4n) is 1.56. The maximum absolute atomic E-state index is 9.86. The number of aliphatic hydroxyl groups is 2. The third kappa shape index (κ3) is 1.86. The Morgan fingerprint density at radius 2 is 2.20 bits per heavy atom. The third-order valence-electron chi connectivity index (χ3n) is 2.39. The van der Waals surface area contributed by atoms with Crippen molar-refractivity contribution >= 4 is 23.5 Å². The van der Waals surface area contributed by atoms with Crippen LogP contribution in [0, 0.1) is 0 Å². The average Bonchev–Trinajstić information content (AvgIpc) is 2.74. The summed E-state index contributed by atoms with van der Waals surface area (Å²) in [5.74, 6) is 0.218. The average molecular weight is 224 g/mol. The number of nitrogens with zero attached hydrogens (tertiary/aromatic N) is 1. The molecule has 15 heavy (non-hydrogen) atoms. The van der Waals surface area contributed by atoms with E-state index in [1.807, 2.05) is 12.1 Å². The summed E-state index contributed by atoms with van der Waals surface area (Å²) < 4.78 is 0. The summed E-state index contributed by atoms with van der Waals surface area (Å²) in [4.78, 5) is 0. The van der Waals surface area contributed by atoms with Gasteiger partial charge >= 0.3 is 0 Å². The summed E-state index contributed by atoms with van der Waals surface area (Å²) in [6.45, 7) is 0. The van der Waals surface area contributed by atoms with Crippen LogP contribution in [-0.4, -0.2) is 32.3 Å². The molecule has 0 aliphatic carbocycles. The van der Waals surface area contributed by atoms with Crippen molar-refractivity contribution in [2.75, 3.05) is 5.75 Å². The maximum atomic E-state index is 9.86. The number of nitrogens with one attached hydrogen (secondary N) is 1. The molecule has 0 saturated heterocycles. The Kier molecular flexibility index (Phi) is 2.95. The molecule has 5 heteroatoms. The normalized spacial score (nSPS) is 15.4. The number of aromatic nitrogens is 2. The van der Waals surface area contributed by atoms with Crippen molar-refractivity contribution in [3.8, 4) is 0 Å². The van der Waals surface area contributed by atoms with Crippen LogP contribution in [0.2, 0.25) is 0 Å². The molecule has 0 aliphatic rings. The number of benzene rings is 1. The van der Waals surface area contributed by atoms with Crippen LogP contribution in [0.5, 0.6) is 0 Å². The summed E-state index contributed by atoms with van der Waals surface area (Å²) in [7, 11) is 0. The highest BCUT2D eigenvalue weighted by Gasteiger charge is 2.19. The maximum Gasteiger partial charge on any atom is 0.106 e. The van der Waals surface area contributed by atoms with Crippen LogP contribution in [0.3, 0.4) is 0 Å². The first kappa shape index (κ1) is 10.5. The highest BCUT2D eigenvalue weighted by Crippen LogP contribution is 2.25. The molecule has 80 valence electrons. The minimum Gasteiger partial charge on any atom is -0.389 e. The molecular formula is C10H12N2O2S. The number of aromatic amines is 1. The monoisotopic (exact) mass is 224 g/mol. The largest absolute Gasteiger partial charge is 0.389 e. The number of aliphatic hydroxyl groups excluding tert-OH is 2. The smallest absolute Gasteiger partial charge is 0.106 e. The van der Waals surface area contributed by atoms with Crippen molar-refractivity contribution in [1.82, 2.24) is 10.2 Å². The van der Waals surface area contributed by atoms with Crippen molar-refractivity contribution in [3.05, 3.63) is 30.0 Å². The summed E-state index contributed by atoms with van der Waals surface area (Å²) in [5.41, 5.74) is 1.51. The van der Waals surface area contributed by atoms with Gasteiger partial charge in [-0.1, -0.05) is 12.1 Å². The molecular weight excluding hydrogens is 212 g/mol. The van der Waals surface area contributed by atoms with Gasteiger partial charge in [0.05, 0.1) is 17.8 Å². The molecule has 0 aliphatic heterocycles. The van der Waals surface area contributed by atoms with Gasteiger partial charge in [0, 0.05) is 11.1 Å². The van der Waals surface area contributed by atoms with E-state index in [1.54, 1.807) is 12.3 Å². The fraction of sp³-hybridized carbons (Fsp3) is 0.300. The van der Waals surface area contributed by atoms with Crippen LogP contribution in [-0.2, 0) is 0 Å². The van der Waals surface area contributed by atoms with E-state index in [1.165, 1.54) is 0 Å². The molecule has 0 radical (unpaired) electrons. The van der Waals surface area contributed by atoms with Crippen LogP contribution in [0.4, 0.5) is 0 Å². The Labute approximate surface area is 92.3 Å². The van der Waals surface area contributed by atoms with Crippen LogP contribution < -0.4 is 0 Å². The molecule has 0 spiro atoms. The second-order valence-corrected chi connectivity index (χ2v) is 3.74. The molecule has 0 bridgehead atoms. The second-order valence-electron chi connectivity index (χ2n) is 3.37. The summed E-state index contributed by atoms with van der Waals surface area (Å²) in [6.07, 6.45) is -0.156. The Bertz CT molecular complexity index is 457. The minimum absolute atomic E-state index is 0.218. The molecule has 2 aromatic rings. The predicted octanol–water partition coefficient (Wildman–Crippen LogP) is 0.887. The lowest BCUT2D eigenvalue weighted by Crippen LogP contribution is -2.19. The first-order valence-electron chi connectivity index (χ1n) is 4.63. The zero-order chi connectivity index (χ0) is 10.8. The number of thiol groups is 1. The van der Waals surface area contributed by atoms with Gasteiger partial charge in [0.25, 0.3) is 0 Å². The van der Waals surface area contributed by atoms with E-state index in [9.17, 15) is 10.2 Å². The van der Waals surface area contributed by atoms with Gasteiger partial charge in [0.15, 0.2) is 0 Å². The first-order chi connectivity index (χ1) is 7.24. The first-order valence-corrected chi connectivity index (χ1v) is 5.26. The molecule has 0 saturated carbocycles. The quantitative estimate of drug-likeness (QED) is 0.585. The molecule has 3 N–H and O–H groups in total. The van der Waals surface area contributed by atoms with Gasteiger partial charge in [-0.3, -0.25) is 5.10 Å². The van der Waals surface area contributed by atoms with Crippen LogP contribution in [0.15, 0.2) is 24.4 Å². The molecule has 1 aromatic carbocycles. The number of H-pyrrole nitrogens is 1. The summed E-state index contributed by atoms with van der Waals surface area (Å²) in [6, 6.07) is 5.45. The van der Waals surface area contributed by atoms with Crippen molar-refractivity contribution in [2.24, 2.45) is 0 Å². The van der Waals surface area contributed by atoms with Crippen LogP contribution in [0.1, 0.15) is 11.7 Å². The van der Waals surface area contributed by atoms with Crippen LogP contribution >= 0.6 is 12.6 Å². The molecule has 2 atom stereocenters. The second kappa shape index (κ2) is 4.22. The van der Waals surface area contributed by atoms with Crippen molar-refractivity contribution in [1.29, 1.82) is 0 Å². The van der Waals surface area contributed by atoms with E-state index in [4.69, 9.17) is 0 Å². The lowest BCUT2D eigenvalue weighted by molar-refractivity contribution is 0.0347. The molecule has 0 fully saturated rings. The highest BCUT2D eigenvalue weighted by atomic mass is 32.1. The van der Waals surface area contributed by atoms with Gasteiger partial charge in [-0.25, -0.2) is 0 Å². The Morgan fingerprint density at radius 3 is 2.93 bits per heavy atom. The van der Waals surface area contributed by atoms with Gasteiger partial charge in [-0.2, -0.15) is 17.7 Å². The topological polar surface area (TPSA) is 69.1 Å². The lowest BCUT2D eigenvalue weighted by atomic mass is 10.0. The van der Waals surface area contributed by atoms with Gasteiger partial charge in [0.1, 0.15) is 6.10 Å². The molecule has 2 rings (SSSR count). The Balaban J connectivity index is 2.46. The van der Waals surface area contributed by atoms with Gasteiger partial charge in [-0.05, 0) is 11.6 Å². The standard InChI is InChI=1S/C10H12N2O2S/c13-9(5-15)10(14)6-2-1-3-8-7(6)4-11-12-8/h1-4,9-10,13-15H,5H2,(H,11,12). The highest BCUT2D eigenvalue weighted by molar-refractivity contribution is 7.80. The van der Waals surface area contributed by atoms with E-state index in [2.05, 4.69) is 22.8 Å². The van der Waals surface area contributed by atoms with Gasteiger partial charge in [0.2, 0.25) is 0 Å². The van der Waals surface area contributed by atoms with Crippen LogP contribution in [0.25, 0.3) is 10.9 Å². The number of hydrogen-bond acceptors (Lipinski definition) is 4. The van der Waals surface area contributed by atoms with Gasteiger partial charge in [-0.15, -0.1) is 0 Å². The Hall–Kier alpha value is -1.04. The van der Waals surface area contributed by atoms with E-state index in [-0.39, 0.29) is 5.75 Å². The third-order valence-corrected chi connectivity index (χ3v) is 2.76. The molecule has 1 heterocycles. The minimum atomic E-state index is -0.927. The number of fused-ring (bicyclic) bond motifs is 1. The van der Waals surface area contributed by atoms with E-state index in [0.29, 0.717) is 5.56 Å². The lowest BCUT2D eigenvalue weighted by Gasteiger charge is -2.16. The van der Waals surface area contributed by atoms with Crippen molar-refractivity contribution in [3.63, 3.8) is 0 Å². The summed E-state index contributed by atoms with van der Waals surface area (Å²) >= 11 is 3.95. The van der Waals surface area contributed by atoms with E-state index in [0.717, 1.165) is 10.9 Å². The SMILES string of the molecule is OC(CS)C(O)c1cccc2[nH]ncc12. The summed E-state index contributed by atoms with van der Waals surface area (Å²) in [5, 5.41) is 26.9. The zero-order valence-electron chi connectivity index (χ0n) is 7.96. The van der Waals surface area contributed by atoms with E-state index < -0.39 is 12.2 Å². The molecule has 0 amide bonds. The number of hydrogen-bond donors (Lipinski definition) is 4. The predicted molar refractivity (Wildman–Crippen MR) is 60.9 cm³/mol. The van der Waals surface area contributed by atoms with Gasteiger partial charge < -0.3 is 10.2 Å². The fourth-order valence-corrected chi connectivity index (χ4v) is 1.76. The molecule has 2 unspecified atom stereocenters.